The topological polar surface area (TPSA) is 68.0 Å². The Bertz CT molecular complexity index is 698. The summed E-state index contributed by atoms with van der Waals surface area (Å²) in [5.74, 6) is 0.482. The third-order valence-corrected chi connectivity index (χ3v) is 4.85. The molecule has 0 saturated heterocycles. The minimum absolute atomic E-state index is 0.0216. The number of benzene rings is 1. The summed E-state index contributed by atoms with van der Waals surface area (Å²) in [7, 11) is 0. The van der Waals surface area contributed by atoms with Crippen LogP contribution in [0.4, 0.5) is 0 Å². The lowest BCUT2D eigenvalue weighted by atomic mass is 10.2. The molecule has 21 heavy (non-hydrogen) atoms. The van der Waals surface area contributed by atoms with Gasteiger partial charge in [0.25, 0.3) is 0 Å². The van der Waals surface area contributed by atoms with Crippen LogP contribution in [0, 0.1) is 6.92 Å². The zero-order valence-electron chi connectivity index (χ0n) is 11.4. The monoisotopic (exact) mass is 367 g/mol. The largest absolute Gasteiger partial charge is 0.481 e. The fourth-order valence-electron chi connectivity index (χ4n) is 2.13. The van der Waals surface area contributed by atoms with Crippen molar-refractivity contribution in [2.75, 3.05) is 5.75 Å². The number of thioether (sulfide) groups is 1. The summed E-state index contributed by atoms with van der Waals surface area (Å²) >= 11 is 4.77. The molecule has 1 heterocycles. The van der Waals surface area contributed by atoms with Gasteiger partial charge in [0.15, 0.2) is 5.16 Å². The van der Waals surface area contributed by atoms with Crippen LogP contribution in [-0.2, 0) is 4.79 Å². The van der Waals surface area contributed by atoms with E-state index in [0.29, 0.717) is 11.1 Å². The summed E-state index contributed by atoms with van der Waals surface area (Å²) in [6, 6.07) is 6.08. The normalized spacial score (nSPS) is 14.4. The standard InChI is InChI=1S/C14H14BrN3O2S/c1-8-2-5-10(15)11(6-8)18-13(9-3-4-9)16-17-14(18)21-7-12(19)20/h2,5-6,9H,3-4,7H2,1H3,(H,19,20). The summed E-state index contributed by atoms with van der Waals surface area (Å²) in [5, 5.41) is 18.0. The molecule has 3 rings (SSSR count). The van der Waals surface area contributed by atoms with Crippen LogP contribution in [0.3, 0.4) is 0 Å². The zero-order valence-corrected chi connectivity index (χ0v) is 13.8. The number of aliphatic carboxylic acids is 1. The number of aromatic nitrogens is 3. The van der Waals surface area contributed by atoms with Gasteiger partial charge in [0.1, 0.15) is 5.82 Å². The minimum atomic E-state index is -0.856. The molecular weight excluding hydrogens is 354 g/mol. The first-order valence-electron chi connectivity index (χ1n) is 6.62. The van der Waals surface area contributed by atoms with Gasteiger partial charge in [0.05, 0.1) is 11.4 Å². The highest BCUT2D eigenvalue weighted by atomic mass is 79.9. The van der Waals surface area contributed by atoms with Crippen LogP contribution in [0.25, 0.3) is 5.69 Å². The van der Waals surface area contributed by atoms with Gasteiger partial charge in [-0.2, -0.15) is 0 Å². The number of aryl methyl sites for hydroxylation is 1. The van der Waals surface area contributed by atoms with Crippen LogP contribution >= 0.6 is 27.7 Å². The van der Waals surface area contributed by atoms with Gasteiger partial charge in [0, 0.05) is 10.4 Å². The van der Waals surface area contributed by atoms with Crippen molar-refractivity contribution in [3.8, 4) is 5.69 Å². The van der Waals surface area contributed by atoms with Crippen LogP contribution in [0.1, 0.15) is 30.1 Å². The Labute approximate surface area is 134 Å². The molecule has 1 fully saturated rings. The predicted octanol–water partition coefficient (Wildman–Crippen LogP) is 3.39. The lowest BCUT2D eigenvalue weighted by molar-refractivity contribution is -0.133. The second kappa shape index (κ2) is 5.81. The molecular formula is C14H14BrN3O2S. The molecule has 0 spiro atoms. The highest BCUT2D eigenvalue weighted by Gasteiger charge is 2.31. The molecule has 0 aliphatic heterocycles. The first kappa shape index (κ1) is 14.6. The molecule has 0 amide bonds. The average molecular weight is 368 g/mol. The molecule has 2 aromatic rings. The molecule has 1 N–H and O–H groups in total. The molecule has 1 aromatic carbocycles. The maximum atomic E-state index is 10.8. The summed E-state index contributed by atoms with van der Waals surface area (Å²) < 4.78 is 2.94. The molecule has 110 valence electrons. The van der Waals surface area contributed by atoms with Crippen molar-refractivity contribution in [3.05, 3.63) is 34.1 Å². The van der Waals surface area contributed by atoms with Crippen molar-refractivity contribution in [1.82, 2.24) is 14.8 Å². The van der Waals surface area contributed by atoms with Gasteiger partial charge in [-0.05, 0) is 53.4 Å². The summed E-state index contributed by atoms with van der Waals surface area (Å²) in [6.07, 6.45) is 2.23. The van der Waals surface area contributed by atoms with Gasteiger partial charge in [-0.1, -0.05) is 17.8 Å². The molecule has 1 saturated carbocycles. The lowest BCUT2D eigenvalue weighted by Crippen LogP contribution is -2.05. The molecule has 5 nitrogen and oxygen atoms in total. The molecule has 0 radical (unpaired) electrons. The number of rotatable bonds is 5. The van der Waals surface area contributed by atoms with Crippen molar-refractivity contribution in [3.63, 3.8) is 0 Å². The third-order valence-electron chi connectivity index (χ3n) is 3.27. The number of hydrogen-bond acceptors (Lipinski definition) is 4. The van der Waals surface area contributed by atoms with Crippen LogP contribution in [0.15, 0.2) is 27.8 Å². The van der Waals surface area contributed by atoms with E-state index in [-0.39, 0.29) is 5.75 Å². The molecule has 0 unspecified atom stereocenters. The highest BCUT2D eigenvalue weighted by molar-refractivity contribution is 9.10. The van der Waals surface area contributed by atoms with E-state index >= 15 is 0 Å². The zero-order chi connectivity index (χ0) is 15.0. The van der Waals surface area contributed by atoms with E-state index in [9.17, 15) is 4.79 Å². The SMILES string of the molecule is Cc1ccc(Br)c(-n2c(SCC(=O)O)nnc2C2CC2)c1. The second-order valence-electron chi connectivity index (χ2n) is 5.09. The van der Waals surface area contributed by atoms with Gasteiger partial charge in [-0.25, -0.2) is 0 Å². The summed E-state index contributed by atoms with van der Waals surface area (Å²) in [6.45, 7) is 2.03. The maximum absolute atomic E-state index is 10.8. The van der Waals surface area contributed by atoms with E-state index in [1.165, 1.54) is 11.8 Å². The quantitative estimate of drug-likeness (QED) is 0.820. The Morgan fingerprint density at radius 3 is 2.90 bits per heavy atom. The van der Waals surface area contributed by atoms with Gasteiger partial charge < -0.3 is 5.11 Å². The van der Waals surface area contributed by atoms with Crippen LogP contribution in [0.5, 0.6) is 0 Å². The Morgan fingerprint density at radius 2 is 2.24 bits per heavy atom. The average Bonchev–Trinajstić information content (AvgIpc) is 3.20. The Hall–Kier alpha value is -1.34. The third kappa shape index (κ3) is 3.13. The Kier molecular flexibility index (Phi) is 4.03. The van der Waals surface area contributed by atoms with Crippen molar-refractivity contribution in [2.45, 2.75) is 30.8 Å². The second-order valence-corrected chi connectivity index (χ2v) is 6.88. The number of hydrogen-bond donors (Lipinski definition) is 1. The number of carbonyl (C=O) groups is 1. The molecule has 1 aliphatic carbocycles. The number of carboxylic acid groups (broad SMARTS) is 1. The van der Waals surface area contributed by atoms with Crippen molar-refractivity contribution >= 4 is 33.7 Å². The number of nitrogens with zero attached hydrogens (tertiary/aromatic N) is 3. The van der Waals surface area contributed by atoms with Crippen molar-refractivity contribution in [2.24, 2.45) is 0 Å². The van der Waals surface area contributed by atoms with Crippen molar-refractivity contribution < 1.29 is 9.90 Å². The predicted molar refractivity (Wildman–Crippen MR) is 84.1 cm³/mol. The van der Waals surface area contributed by atoms with Gasteiger partial charge in [-0.3, -0.25) is 9.36 Å². The molecule has 0 bridgehead atoms. The van der Waals surface area contributed by atoms with Crippen LogP contribution in [-0.4, -0.2) is 31.6 Å². The van der Waals surface area contributed by atoms with E-state index in [0.717, 1.165) is 34.4 Å². The van der Waals surface area contributed by atoms with E-state index in [1.807, 2.05) is 23.6 Å². The molecule has 7 heteroatoms. The highest BCUT2D eigenvalue weighted by Crippen LogP contribution is 2.42. The maximum Gasteiger partial charge on any atom is 0.313 e. The molecule has 1 aliphatic rings. The number of halogens is 1. The van der Waals surface area contributed by atoms with Gasteiger partial charge >= 0.3 is 5.97 Å². The molecule has 0 atom stereocenters. The summed E-state index contributed by atoms with van der Waals surface area (Å²) in [5.41, 5.74) is 2.10. The number of carboxylic acids is 1. The smallest absolute Gasteiger partial charge is 0.313 e. The first-order chi connectivity index (χ1) is 10.1. The molecule has 1 aromatic heterocycles. The lowest BCUT2D eigenvalue weighted by Gasteiger charge is -2.12. The van der Waals surface area contributed by atoms with Crippen LogP contribution < -0.4 is 0 Å². The van der Waals surface area contributed by atoms with E-state index in [1.54, 1.807) is 0 Å². The van der Waals surface area contributed by atoms with E-state index < -0.39 is 5.97 Å². The fraction of sp³-hybridized carbons (Fsp3) is 0.357. The van der Waals surface area contributed by atoms with Gasteiger partial charge in [-0.15, -0.1) is 10.2 Å². The fourth-order valence-corrected chi connectivity index (χ4v) is 3.22. The summed E-state index contributed by atoms with van der Waals surface area (Å²) in [4.78, 5) is 10.8. The van der Waals surface area contributed by atoms with Gasteiger partial charge in [0.2, 0.25) is 0 Å². The van der Waals surface area contributed by atoms with E-state index in [2.05, 4.69) is 32.2 Å². The Morgan fingerprint density at radius 1 is 1.48 bits per heavy atom. The minimum Gasteiger partial charge on any atom is -0.481 e. The first-order valence-corrected chi connectivity index (χ1v) is 8.40. The van der Waals surface area contributed by atoms with E-state index in [4.69, 9.17) is 5.11 Å². The van der Waals surface area contributed by atoms with Crippen molar-refractivity contribution in [1.29, 1.82) is 0 Å². The Balaban J connectivity index is 2.07. The van der Waals surface area contributed by atoms with Crippen LogP contribution in [0.2, 0.25) is 0 Å².